The summed E-state index contributed by atoms with van der Waals surface area (Å²) in [4.78, 5) is 14.5. The van der Waals surface area contributed by atoms with Gasteiger partial charge in [0.05, 0.1) is 0 Å². The first-order valence-electron chi connectivity index (χ1n) is 6.35. The summed E-state index contributed by atoms with van der Waals surface area (Å²) in [5, 5.41) is 0. The van der Waals surface area contributed by atoms with E-state index < -0.39 is 5.41 Å². The molecule has 2 aliphatic rings. The number of carbonyl (C=O) groups is 1. The Morgan fingerprint density at radius 1 is 1.05 bits per heavy atom. The molecule has 0 unspecified atom stereocenters. The highest BCUT2D eigenvalue weighted by Gasteiger charge is 2.55. The number of benzene rings is 2. The number of nitrogens with zero attached hydrogens (tertiary/aromatic N) is 1. The molecule has 0 bridgehead atoms. The van der Waals surface area contributed by atoms with Gasteiger partial charge in [-0.1, -0.05) is 36.4 Å². The number of amides is 1. The maximum Gasteiger partial charge on any atom is 0.245 e. The van der Waals surface area contributed by atoms with Crippen molar-refractivity contribution in [3.8, 4) is 5.75 Å². The molecule has 1 atom stereocenters. The van der Waals surface area contributed by atoms with Gasteiger partial charge in [0.25, 0.3) is 0 Å². The minimum atomic E-state index is -0.651. The summed E-state index contributed by atoms with van der Waals surface area (Å²) in [5.41, 5.74) is 2.36. The first-order chi connectivity index (χ1) is 9.25. The molecule has 2 aromatic carbocycles. The number of carbonyl (C=O) groups excluding carboxylic acids is 1. The van der Waals surface area contributed by atoms with Crippen molar-refractivity contribution >= 4 is 11.6 Å². The van der Waals surface area contributed by atoms with Crippen LogP contribution in [0, 0.1) is 0 Å². The smallest absolute Gasteiger partial charge is 0.245 e. The van der Waals surface area contributed by atoms with Gasteiger partial charge in [0.15, 0.2) is 0 Å². The van der Waals surface area contributed by atoms with Crippen molar-refractivity contribution in [3.05, 3.63) is 59.7 Å². The second-order valence-corrected chi connectivity index (χ2v) is 5.07. The summed E-state index contributed by atoms with van der Waals surface area (Å²) >= 11 is 0. The van der Waals surface area contributed by atoms with Gasteiger partial charge in [-0.15, -0.1) is 0 Å². The second kappa shape index (κ2) is 3.38. The van der Waals surface area contributed by atoms with E-state index in [4.69, 9.17) is 4.74 Å². The molecule has 2 aromatic rings. The van der Waals surface area contributed by atoms with Gasteiger partial charge in [-0.05, 0) is 17.7 Å². The number of fused-ring (bicyclic) bond motifs is 4. The molecule has 3 heteroatoms. The lowest BCUT2D eigenvalue weighted by atomic mass is 9.77. The van der Waals surface area contributed by atoms with E-state index in [2.05, 4.69) is 0 Å². The quantitative estimate of drug-likeness (QED) is 0.719. The molecule has 0 saturated carbocycles. The summed E-state index contributed by atoms with van der Waals surface area (Å²) < 4.78 is 5.76. The lowest BCUT2D eigenvalue weighted by Crippen LogP contribution is -2.40. The fourth-order valence-electron chi connectivity index (χ4n) is 3.25. The Bertz CT molecular complexity index is 695. The van der Waals surface area contributed by atoms with Crippen LogP contribution in [0.2, 0.25) is 0 Å². The minimum Gasteiger partial charge on any atom is -0.491 e. The summed E-state index contributed by atoms with van der Waals surface area (Å²) in [5.74, 6) is 0.916. The highest BCUT2D eigenvalue weighted by atomic mass is 16.5. The van der Waals surface area contributed by atoms with E-state index in [9.17, 15) is 4.79 Å². The molecule has 0 fully saturated rings. The molecule has 1 spiro atoms. The van der Waals surface area contributed by atoms with Crippen LogP contribution < -0.4 is 9.64 Å². The number of hydrogen-bond donors (Lipinski definition) is 0. The Balaban J connectivity index is 2.05. The van der Waals surface area contributed by atoms with E-state index in [1.54, 1.807) is 4.90 Å². The zero-order chi connectivity index (χ0) is 13.0. The average molecular weight is 251 g/mol. The van der Waals surface area contributed by atoms with Gasteiger partial charge in [-0.25, -0.2) is 0 Å². The average Bonchev–Trinajstić information content (AvgIpc) is 2.95. The summed E-state index contributed by atoms with van der Waals surface area (Å²) in [7, 11) is 1.83. The lowest BCUT2D eigenvalue weighted by molar-refractivity contribution is -0.121. The maximum atomic E-state index is 12.8. The van der Waals surface area contributed by atoms with Gasteiger partial charge < -0.3 is 9.64 Å². The van der Waals surface area contributed by atoms with E-state index in [0.29, 0.717) is 6.61 Å². The van der Waals surface area contributed by atoms with E-state index in [-0.39, 0.29) is 5.91 Å². The Morgan fingerprint density at radius 2 is 1.74 bits per heavy atom. The fourth-order valence-corrected chi connectivity index (χ4v) is 3.25. The van der Waals surface area contributed by atoms with E-state index in [1.807, 2.05) is 55.6 Å². The summed E-state index contributed by atoms with van der Waals surface area (Å²) in [6.45, 7) is 0.395. The van der Waals surface area contributed by atoms with E-state index in [1.165, 1.54) is 0 Å². The topological polar surface area (TPSA) is 29.5 Å². The van der Waals surface area contributed by atoms with Gasteiger partial charge >= 0.3 is 0 Å². The molecule has 19 heavy (non-hydrogen) atoms. The number of anilines is 1. The zero-order valence-corrected chi connectivity index (χ0v) is 10.6. The van der Waals surface area contributed by atoms with Crippen LogP contribution in [-0.2, 0) is 10.2 Å². The van der Waals surface area contributed by atoms with Crippen LogP contribution in [0.4, 0.5) is 5.69 Å². The fraction of sp³-hybridized carbons (Fsp3) is 0.188. The van der Waals surface area contributed by atoms with Gasteiger partial charge in [0.1, 0.15) is 17.8 Å². The predicted molar refractivity (Wildman–Crippen MR) is 72.6 cm³/mol. The molecule has 0 N–H and O–H groups in total. The molecule has 2 aliphatic heterocycles. The Kier molecular flexibility index (Phi) is 1.89. The van der Waals surface area contributed by atoms with Crippen molar-refractivity contribution in [1.82, 2.24) is 0 Å². The number of likely N-dealkylation sites (N-methyl/N-ethyl adjacent to an activating group) is 1. The van der Waals surface area contributed by atoms with Crippen molar-refractivity contribution in [1.29, 1.82) is 0 Å². The van der Waals surface area contributed by atoms with Crippen molar-refractivity contribution in [2.75, 3.05) is 18.6 Å². The van der Waals surface area contributed by atoms with Gasteiger partial charge in [-0.3, -0.25) is 4.79 Å². The standard InChI is InChI=1S/C16H13NO2/c1-17-13-8-4-2-6-11(13)16(15(17)18)10-19-14-9-5-3-7-12(14)16/h2-9H,10H2,1H3/t16-/m0/s1. The third-order valence-electron chi connectivity index (χ3n) is 4.19. The molecule has 2 heterocycles. The third kappa shape index (κ3) is 1.10. The monoisotopic (exact) mass is 251 g/mol. The highest BCUT2D eigenvalue weighted by Crippen LogP contribution is 2.51. The number of ether oxygens (including phenoxy) is 1. The van der Waals surface area contributed by atoms with Crippen LogP contribution >= 0.6 is 0 Å². The molecule has 94 valence electrons. The van der Waals surface area contributed by atoms with E-state index in [0.717, 1.165) is 22.6 Å². The molecule has 0 aromatic heterocycles. The second-order valence-electron chi connectivity index (χ2n) is 5.07. The SMILES string of the molecule is CN1C(=O)[C@@]2(COc3ccccc32)c2ccccc21. The van der Waals surface area contributed by atoms with Crippen LogP contribution in [0.15, 0.2) is 48.5 Å². The third-order valence-corrected chi connectivity index (χ3v) is 4.19. The number of rotatable bonds is 0. The first kappa shape index (κ1) is 10.6. The Morgan fingerprint density at radius 3 is 2.58 bits per heavy atom. The van der Waals surface area contributed by atoms with Crippen molar-refractivity contribution in [3.63, 3.8) is 0 Å². The maximum absolute atomic E-state index is 12.8. The molecule has 0 radical (unpaired) electrons. The van der Waals surface area contributed by atoms with Gasteiger partial charge in [0, 0.05) is 18.3 Å². The van der Waals surface area contributed by atoms with Crippen LogP contribution in [0.1, 0.15) is 11.1 Å². The van der Waals surface area contributed by atoms with Crippen LogP contribution in [-0.4, -0.2) is 19.6 Å². The number of hydrogen-bond acceptors (Lipinski definition) is 2. The molecule has 1 amide bonds. The first-order valence-corrected chi connectivity index (χ1v) is 6.35. The molecule has 3 nitrogen and oxygen atoms in total. The molecular weight excluding hydrogens is 238 g/mol. The largest absolute Gasteiger partial charge is 0.491 e. The molecule has 0 saturated heterocycles. The lowest BCUT2D eigenvalue weighted by Gasteiger charge is -2.21. The van der Waals surface area contributed by atoms with Crippen molar-refractivity contribution in [2.24, 2.45) is 0 Å². The van der Waals surface area contributed by atoms with Crippen LogP contribution in [0.3, 0.4) is 0 Å². The van der Waals surface area contributed by atoms with Crippen molar-refractivity contribution in [2.45, 2.75) is 5.41 Å². The molecular formula is C16H13NO2. The molecule has 4 rings (SSSR count). The summed E-state index contributed by atoms with van der Waals surface area (Å²) in [6.07, 6.45) is 0. The van der Waals surface area contributed by atoms with E-state index >= 15 is 0 Å². The van der Waals surface area contributed by atoms with Crippen LogP contribution in [0.25, 0.3) is 0 Å². The van der Waals surface area contributed by atoms with Gasteiger partial charge in [-0.2, -0.15) is 0 Å². The highest BCUT2D eigenvalue weighted by molar-refractivity contribution is 6.11. The zero-order valence-electron chi connectivity index (χ0n) is 10.6. The molecule has 0 aliphatic carbocycles. The summed E-state index contributed by atoms with van der Waals surface area (Å²) in [6, 6.07) is 15.8. The van der Waals surface area contributed by atoms with Gasteiger partial charge in [0.2, 0.25) is 5.91 Å². The van der Waals surface area contributed by atoms with Crippen molar-refractivity contribution < 1.29 is 9.53 Å². The Labute approximate surface area is 111 Å². The predicted octanol–water partition coefficient (Wildman–Crippen LogP) is 2.34. The normalized spacial score (nSPS) is 23.4. The number of para-hydroxylation sites is 2. The Hall–Kier alpha value is -2.29. The van der Waals surface area contributed by atoms with Crippen LogP contribution in [0.5, 0.6) is 5.75 Å². The minimum absolute atomic E-state index is 0.0960.